The number of hydrogen-bond acceptors (Lipinski definition) is 1. The largest absolute Gasteiger partial charge is 0.379 e. The molecule has 1 nitrogen and oxygen atoms in total. The molecule has 2 aromatic rings. The van der Waals surface area contributed by atoms with Crippen molar-refractivity contribution < 1.29 is 4.39 Å². The predicted molar refractivity (Wildman–Crippen MR) is 77.9 cm³/mol. The Morgan fingerprint density at radius 1 is 1.11 bits per heavy atom. The summed E-state index contributed by atoms with van der Waals surface area (Å²) in [5, 5.41) is 4.18. The van der Waals surface area contributed by atoms with E-state index in [0.717, 1.165) is 10.0 Å². The van der Waals surface area contributed by atoms with Gasteiger partial charge in [-0.1, -0.05) is 45.2 Å². The number of nitrogens with one attached hydrogen (secondary N) is 1. The molecular weight excluding hydrogens is 340 g/mol. The van der Waals surface area contributed by atoms with E-state index >= 15 is 0 Å². The SMILES string of the molecule is Fc1ccc(Br)c(CNc2c(Cl)cccc2Cl)c1. The first-order valence-corrected chi connectivity index (χ1v) is 6.74. The van der Waals surface area contributed by atoms with Gasteiger partial charge in [0, 0.05) is 11.0 Å². The van der Waals surface area contributed by atoms with E-state index in [0.29, 0.717) is 22.3 Å². The summed E-state index contributed by atoms with van der Waals surface area (Å²) in [6.07, 6.45) is 0. The lowest BCUT2D eigenvalue weighted by molar-refractivity contribution is 0.625. The maximum absolute atomic E-state index is 13.1. The van der Waals surface area contributed by atoms with Crippen LogP contribution in [-0.2, 0) is 6.54 Å². The van der Waals surface area contributed by atoms with Gasteiger partial charge in [-0.05, 0) is 35.9 Å². The van der Waals surface area contributed by atoms with Crippen molar-refractivity contribution in [3.63, 3.8) is 0 Å². The monoisotopic (exact) mass is 347 g/mol. The fourth-order valence-corrected chi connectivity index (χ4v) is 2.45. The minimum atomic E-state index is -0.278. The maximum atomic E-state index is 13.1. The Hall–Kier alpha value is -0.770. The zero-order valence-electron chi connectivity index (χ0n) is 9.18. The second-order valence-electron chi connectivity index (χ2n) is 3.69. The summed E-state index contributed by atoms with van der Waals surface area (Å²) in [4.78, 5) is 0. The fraction of sp³-hybridized carbons (Fsp3) is 0.0769. The van der Waals surface area contributed by atoms with E-state index in [1.807, 2.05) is 0 Å². The molecule has 0 aromatic heterocycles. The third-order valence-electron chi connectivity index (χ3n) is 2.43. The number of halogens is 4. The Morgan fingerprint density at radius 2 is 1.78 bits per heavy atom. The van der Waals surface area contributed by atoms with Crippen LogP contribution in [0.3, 0.4) is 0 Å². The summed E-state index contributed by atoms with van der Waals surface area (Å²) in [7, 11) is 0. The van der Waals surface area contributed by atoms with Crippen molar-refractivity contribution in [1.82, 2.24) is 0 Å². The van der Waals surface area contributed by atoms with Crippen molar-refractivity contribution >= 4 is 44.8 Å². The lowest BCUT2D eigenvalue weighted by Crippen LogP contribution is -2.01. The normalized spacial score (nSPS) is 10.4. The van der Waals surface area contributed by atoms with Crippen LogP contribution in [0.4, 0.5) is 10.1 Å². The molecule has 1 N–H and O–H groups in total. The van der Waals surface area contributed by atoms with Crippen molar-refractivity contribution in [3.05, 3.63) is 62.3 Å². The molecule has 0 atom stereocenters. The topological polar surface area (TPSA) is 12.0 Å². The maximum Gasteiger partial charge on any atom is 0.123 e. The molecule has 2 rings (SSSR count). The minimum Gasteiger partial charge on any atom is -0.379 e. The number of benzene rings is 2. The van der Waals surface area contributed by atoms with Crippen LogP contribution >= 0.6 is 39.1 Å². The molecule has 0 aliphatic rings. The van der Waals surface area contributed by atoms with Gasteiger partial charge < -0.3 is 5.32 Å². The summed E-state index contributed by atoms with van der Waals surface area (Å²) < 4.78 is 14.0. The summed E-state index contributed by atoms with van der Waals surface area (Å²) in [5.74, 6) is -0.278. The van der Waals surface area contributed by atoms with Gasteiger partial charge in [0.15, 0.2) is 0 Å². The Bertz CT molecular complexity index is 555. The molecule has 0 heterocycles. The second kappa shape index (κ2) is 5.91. The second-order valence-corrected chi connectivity index (χ2v) is 5.35. The van der Waals surface area contributed by atoms with E-state index in [-0.39, 0.29) is 5.82 Å². The van der Waals surface area contributed by atoms with Gasteiger partial charge >= 0.3 is 0 Å². The quantitative estimate of drug-likeness (QED) is 0.771. The Morgan fingerprint density at radius 3 is 2.44 bits per heavy atom. The average molecular weight is 349 g/mol. The molecule has 0 bridgehead atoms. The molecule has 0 unspecified atom stereocenters. The Labute approximate surface area is 123 Å². The highest BCUT2D eigenvalue weighted by Crippen LogP contribution is 2.30. The van der Waals surface area contributed by atoms with Crippen LogP contribution in [0.2, 0.25) is 10.0 Å². The van der Waals surface area contributed by atoms with Gasteiger partial charge in [-0.25, -0.2) is 4.39 Å². The van der Waals surface area contributed by atoms with Crippen LogP contribution in [0, 0.1) is 5.82 Å². The molecular formula is C13H9BrCl2FN. The molecule has 94 valence electrons. The van der Waals surface area contributed by atoms with Gasteiger partial charge in [-0.15, -0.1) is 0 Å². The molecule has 0 saturated carbocycles. The first kappa shape index (κ1) is 13.7. The zero-order chi connectivity index (χ0) is 13.1. The van der Waals surface area contributed by atoms with Crippen LogP contribution in [0.1, 0.15) is 5.56 Å². The smallest absolute Gasteiger partial charge is 0.123 e. The van der Waals surface area contributed by atoms with Crippen molar-refractivity contribution in [1.29, 1.82) is 0 Å². The van der Waals surface area contributed by atoms with Crippen LogP contribution in [0.25, 0.3) is 0 Å². The summed E-state index contributed by atoms with van der Waals surface area (Å²) in [5.41, 5.74) is 1.45. The standard InChI is InChI=1S/C13H9BrCl2FN/c14-10-5-4-9(17)6-8(10)7-18-13-11(15)2-1-3-12(13)16/h1-6,18H,7H2. The van der Waals surface area contributed by atoms with E-state index in [2.05, 4.69) is 21.2 Å². The lowest BCUT2D eigenvalue weighted by Gasteiger charge is -2.11. The first-order valence-electron chi connectivity index (χ1n) is 5.20. The number of rotatable bonds is 3. The van der Waals surface area contributed by atoms with Crippen molar-refractivity contribution in [2.45, 2.75) is 6.54 Å². The van der Waals surface area contributed by atoms with Gasteiger partial charge in [-0.2, -0.15) is 0 Å². The van der Waals surface area contributed by atoms with Crippen LogP contribution < -0.4 is 5.32 Å². The van der Waals surface area contributed by atoms with E-state index in [9.17, 15) is 4.39 Å². The van der Waals surface area contributed by atoms with Gasteiger partial charge in [0.05, 0.1) is 15.7 Å². The Balaban J connectivity index is 2.19. The number of anilines is 1. The molecule has 2 aromatic carbocycles. The van der Waals surface area contributed by atoms with E-state index in [1.54, 1.807) is 24.3 Å². The molecule has 18 heavy (non-hydrogen) atoms. The highest BCUT2D eigenvalue weighted by molar-refractivity contribution is 9.10. The molecule has 0 aliphatic heterocycles. The molecule has 0 spiro atoms. The van der Waals surface area contributed by atoms with Crippen LogP contribution in [-0.4, -0.2) is 0 Å². The minimum absolute atomic E-state index is 0.278. The van der Waals surface area contributed by atoms with Crippen molar-refractivity contribution in [3.8, 4) is 0 Å². The predicted octanol–water partition coefficient (Wildman–Crippen LogP) is 5.51. The van der Waals surface area contributed by atoms with Crippen LogP contribution in [0.15, 0.2) is 40.9 Å². The first-order chi connectivity index (χ1) is 8.58. The van der Waals surface area contributed by atoms with E-state index in [4.69, 9.17) is 23.2 Å². The molecule has 0 fully saturated rings. The highest BCUT2D eigenvalue weighted by atomic mass is 79.9. The van der Waals surface area contributed by atoms with Gasteiger partial charge in [0.2, 0.25) is 0 Å². The molecule has 0 aliphatic carbocycles. The average Bonchev–Trinajstić information content (AvgIpc) is 2.33. The van der Waals surface area contributed by atoms with Gasteiger partial charge in [0.1, 0.15) is 5.82 Å². The number of para-hydroxylation sites is 1. The Kier molecular flexibility index (Phi) is 4.49. The molecule has 0 saturated heterocycles. The van der Waals surface area contributed by atoms with Crippen molar-refractivity contribution in [2.24, 2.45) is 0 Å². The summed E-state index contributed by atoms with van der Waals surface area (Å²) in [6, 6.07) is 9.79. The summed E-state index contributed by atoms with van der Waals surface area (Å²) >= 11 is 15.4. The van der Waals surface area contributed by atoms with E-state index in [1.165, 1.54) is 12.1 Å². The highest BCUT2D eigenvalue weighted by Gasteiger charge is 2.06. The van der Waals surface area contributed by atoms with Crippen LogP contribution in [0.5, 0.6) is 0 Å². The molecule has 0 amide bonds. The van der Waals surface area contributed by atoms with E-state index < -0.39 is 0 Å². The van der Waals surface area contributed by atoms with Gasteiger partial charge in [-0.3, -0.25) is 0 Å². The zero-order valence-corrected chi connectivity index (χ0v) is 12.3. The lowest BCUT2D eigenvalue weighted by atomic mass is 10.2. The number of hydrogen-bond donors (Lipinski definition) is 1. The molecule has 5 heteroatoms. The third-order valence-corrected chi connectivity index (χ3v) is 3.83. The fourth-order valence-electron chi connectivity index (χ4n) is 1.53. The van der Waals surface area contributed by atoms with Gasteiger partial charge in [0.25, 0.3) is 0 Å². The third kappa shape index (κ3) is 3.16. The molecule has 0 radical (unpaired) electrons. The van der Waals surface area contributed by atoms with Crippen molar-refractivity contribution in [2.75, 3.05) is 5.32 Å². The summed E-state index contributed by atoms with van der Waals surface area (Å²) in [6.45, 7) is 0.432.